The topological polar surface area (TPSA) is 29.3 Å². The molecule has 2 aromatic rings. The summed E-state index contributed by atoms with van der Waals surface area (Å²) in [4.78, 5) is 2.49. The number of rotatable bonds is 3. The third-order valence-electron chi connectivity index (χ3n) is 5.91. The Morgan fingerprint density at radius 1 is 0.840 bits per heavy atom. The lowest BCUT2D eigenvalue weighted by Crippen LogP contribution is -2.50. The van der Waals surface area contributed by atoms with Crippen molar-refractivity contribution in [2.75, 3.05) is 13.1 Å². The molecule has 132 valence electrons. The first-order chi connectivity index (χ1) is 12.1. The molecule has 0 spiro atoms. The minimum atomic E-state index is -0.243. The largest absolute Gasteiger partial charge is 0.326 e. The fourth-order valence-corrected chi connectivity index (χ4v) is 4.67. The number of nitrogens with two attached hydrogens (primary N) is 1. The summed E-state index contributed by atoms with van der Waals surface area (Å²) in [6.45, 7) is 2.11. The molecule has 2 atom stereocenters. The normalized spacial score (nSPS) is 29.0. The van der Waals surface area contributed by atoms with Gasteiger partial charge in [0.05, 0.1) is 0 Å². The molecule has 0 aromatic heterocycles. The van der Waals surface area contributed by atoms with Crippen molar-refractivity contribution in [3.8, 4) is 0 Å². The van der Waals surface area contributed by atoms with E-state index in [-0.39, 0.29) is 29.6 Å². The van der Waals surface area contributed by atoms with Crippen LogP contribution in [0.2, 0.25) is 0 Å². The Bertz CT molecular complexity index is 660. The Kier molecular flexibility index (Phi) is 4.57. The minimum absolute atomic E-state index is 0.0213. The SMILES string of the molecule is NC1CC2CCN(CC2)C1C(c1ccc(F)cc1)c1ccc(F)cc1. The number of halogens is 2. The van der Waals surface area contributed by atoms with Gasteiger partial charge in [-0.1, -0.05) is 24.3 Å². The second kappa shape index (κ2) is 6.85. The number of piperidine rings is 1. The van der Waals surface area contributed by atoms with Gasteiger partial charge in [0.2, 0.25) is 0 Å². The fourth-order valence-electron chi connectivity index (χ4n) is 4.67. The molecule has 0 radical (unpaired) electrons. The van der Waals surface area contributed by atoms with E-state index < -0.39 is 0 Å². The summed E-state index contributed by atoms with van der Waals surface area (Å²) in [6, 6.07) is 13.6. The van der Waals surface area contributed by atoms with Crippen molar-refractivity contribution >= 4 is 0 Å². The van der Waals surface area contributed by atoms with Crippen LogP contribution in [0, 0.1) is 17.6 Å². The van der Waals surface area contributed by atoms with E-state index in [2.05, 4.69) is 4.90 Å². The van der Waals surface area contributed by atoms with Crippen LogP contribution in [0.15, 0.2) is 48.5 Å². The summed E-state index contributed by atoms with van der Waals surface area (Å²) < 4.78 is 26.9. The first-order valence-corrected chi connectivity index (χ1v) is 9.12. The van der Waals surface area contributed by atoms with Gasteiger partial charge < -0.3 is 5.73 Å². The summed E-state index contributed by atoms with van der Waals surface area (Å²) in [7, 11) is 0. The van der Waals surface area contributed by atoms with Crippen molar-refractivity contribution in [2.45, 2.75) is 37.3 Å². The van der Waals surface area contributed by atoms with E-state index in [1.807, 2.05) is 24.3 Å². The molecule has 5 rings (SSSR count). The lowest BCUT2D eigenvalue weighted by molar-refractivity contribution is 0.151. The fraction of sp³-hybridized carbons (Fsp3) is 0.429. The van der Waals surface area contributed by atoms with Crippen molar-refractivity contribution < 1.29 is 8.78 Å². The number of hydrogen-bond donors (Lipinski definition) is 1. The van der Waals surface area contributed by atoms with E-state index in [9.17, 15) is 8.78 Å². The first kappa shape index (κ1) is 16.7. The van der Waals surface area contributed by atoms with Gasteiger partial charge in [0.1, 0.15) is 11.6 Å². The van der Waals surface area contributed by atoms with Crippen molar-refractivity contribution in [3.05, 3.63) is 71.3 Å². The van der Waals surface area contributed by atoms with Crippen LogP contribution in [0.3, 0.4) is 0 Å². The number of hydrogen-bond acceptors (Lipinski definition) is 2. The van der Waals surface area contributed by atoms with Crippen LogP contribution in [-0.2, 0) is 0 Å². The third kappa shape index (κ3) is 3.33. The monoisotopic (exact) mass is 342 g/mol. The molecule has 3 fully saturated rings. The van der Waals surface area contributed by atoms with E-state index in [0.29, 0.717) is 5.92 Å². The zero-order valence-corrected chi connectivity index (χ0v) is 14.2. The van der Waals surface area contributed by atoms with E-state index in [4.69, 9.17) is 5.73 Å². The molecular formula is C21H24F2N2. The highest BCUT2D eigenvalue weighted by molar-refractivity contribution is 5.36. The zero-order chi connectivity index (χ0) is 17.4. The Hall–Kier alpha value is -1.78. The van der Waals surface area contributed by atoms with Crippen molar-refractivity contribution in [3.63, 3.8) is 0 Å². The highest BCUT2D eigenvalue weighted by atomic mass is 19.1. The standard InChI is InChI=1S/C21H24F2N2/c22-17-5-1-15(2-6-17)20(16-3-7-18(23)8-4-16)21-19(24)13-14-9-11-25(21)12-10-14/h1-8,14,19-21H,9-13,24H2. The molecular weight excluding hydrogens is 318 g/mol. The van der Waals surface area contributed by atoms with Crippen molar-refractivity contribution in [2.24, 2.45) is 11.7 Å². The van der Waals surface area contributed by atoms with Crippen LogP contribution < -0.4 is 5.73 Å². The Morgan fingerprint density at radius 2 is 1.32 bits per heavy atom. The van der Waals surface area contributed by atoms with Crippen LogP contribution in [0.1, 0.15) is 36.3 Å². The van der Waals surface area contributed by atoms with Gasteiger partial charge in [-0.25, -0.2) is 8.78 Å². The van der Waals surface area contributed by atoms with Gasteiger partial charge in [0.15, 0.2) is 0 Å². The Morgan fingerprint density at radius 3 is 1.80 bits per heavy atom. The van der Waals surface area contributed by atoms with E-state index in [1.54, 1.807) is 0 Å². The second-order valence-electron chi connectivity index (χ2n) is 7.45. The van der Waals surface area contributed by atoms with Crippen LogP contribution in [0.5, 0.6) is 0 Å². The molecule has 4 heteroatoms. The van der Waals surface area contributed by atoms with Gasteiger partial charge in [-0.05, 0) is 73.7 Å². The molecule has 2 unspecified atom stereocenters. The van der Waals surface area contributed by atoms with E-state index in [0.717, 1.165) is 30.6 Å². The molecule has 2 bridgehead atoms. The molecule has 2 N–H and O–H groups in total. The highest BCUT2D eigenvalue weighted by Gasteiger charge is 2.40. The molecule has 3 heterocycles. The summed E-state index contributed by atoms with van der Waals surface area (Å²) in [6.07, 6.45) is 3.42. The average Bonchev–Trinajstić information content (AvgIpc) is 2.86. The van der Waals surface area contributed by atoms with Crippen LogP contribution in [-0.4, -0.2) is 30.1 Å². The second-order valence-corrected chi connectivity index (χ2v) is 7.45. The third-order valence-corrected chi connectivity index (χ3v) is 5.91. The molecule has 0 amide bonds. The maximum atomic E-state index is 13.5. The van der Waals surface area contributed by atoms with E-state index in [1.165, 1.54) is 37.1 Å². The molecule has 2 aromatic carbocycles. The smallest absolute Gasteiger partial charge is 0.123 e. The Balaban J connectivity index is 1.78. The van der Waals surface area contributed by atoms with Crippen molar-refractivity contribution in [1.82, 2.24) is 4.90 Å². The quantitative estimate of drug-likeness (QED) is 0.916. The van der Waals surface area contributed by atoms with Gasteiger partial charge in [-0.3, -0.25) is 4.90 Å². The number of nitrogens with zero attached hydrogens (tertiary/aromatic N) is 1. The lowest BCUT2D eigenvalue weighted by Gasteiger charge is -2.39. The van der Waals surface area contributed by atoms with Crippen LogP contribution >= 0.6 is 0 Å². The van der Waals surface area contributed by atoms with Gasteiger partial charge in [0.25, 0.3) is 0 Å². The zero-order valence-electron chi connectivity index (χ0n) is 14.2. The lowest BCUT2D eigenvalue weighted by atomic mass is 9.80. The molecule has 3 aliphatic rings. The number of fused-ring (bicyclic) bond motifs is 4. The highest BCUT2D eigenvalue weighted by Crippen LogP contribution is 2.39. The molecule has 0 saturated carbocycles. The molecule has 25 heavy (non-hydrogen) atoms. The van der Waals surface area contributed by atoms with Gasteiger partial charge in [-0.15, -0.1) is 0 Å². The molecule has 3 aliphatic heterocycles. The van der Waals surface area contributed by atoms with Crippen molar-refractivity contribution in [1.29, 1.82) is 0 Å². The van der Waals surface area contributed by atoms with E-state index >= 15 is 0 Å². The Labute approximate surface area is 147 Å². The molecule has 0 aliphatic carbocycles. The predicted molar refractivity (Wildman–Crippen MR) is 95.3 cm³/mol. The predicted octanol–water partition coefficient (Wildman–Crippen LogP) is 3.91. The first-order valence-electron chi connectivity index (χ1n) is 9.12. The molecule has 3 saturated heterocycles. The average molecular weight is 342 g/mol. The summed E-state index contributed by atoms with van der Waals surface area (Å²) in [5, 5.41) is 0. The minimum Gasteiger partial charge on any atom is -0.326 e. The van der Waals surface area contributed by atoms with Crippen LogP contribution in [0.25, 0.3) is 0 Å². The van der Waals surface area contributed by atoms with Gasteiger partial charge >= 0.3 is 0 Å². The van der Waals surface area contributed by atoms with Gasteiger partial charge in [-0.2, -0.15) is 0 Å². The summed E-state index contributed by atoms with van der Waals surface area (Å²) in [5.74, 6) is 0.243. The summed E-state index contributed by atoms with van der Waals surface area (Å²) in [5.41, 5.74) is 8.73. The van der Waals surface area contributed by atoms with Gasteiger partial charge in [0, 0.05) is 18.0 Å². The van der Waals surface area contributed by atoms with Crippen LogP contribution in [0.4, 0.5) is 8.78 Å². The maximum absolute atomic E-state index is 13.5. The summed E-state index contributed by atoms with van der Waals surface area (Å²) >= 11 is 0. The molecule has 2 nitrogen and oxygen atoms in total. The number of benzene rings is 2. The maximum Gasteiger partial charge on any atom is 0.123 e.